The maximum Gasteiger partial charge on any atom is 0.261 e. The van der Waals surface area contributed by atoms with Crippen LogP contribution in [-0.2, 0) is 22.6 Å². The number of carbonyl (C=O) groups is 4. The van der Waals surface area contributed by atoms with Crippen molar-refractivity contribution in [2.75, 3.05) is 6.54 Å². The summed E-state index contributed by atoms with van der Waals surface area (Å²) in [4.78, 5) is 56.3. The zero-order chi connectivity index (χ0) is 28.8. The van der Waals surface area contributed by atoms with E-state index in [0.717, 1.165) is 42.4 Å². The Labute approximate surface area is 241 Å². The van der Waals surface area contributed by atoms with Crippen molar-refractivity contribution in [1.29, 1.82) is 0 Å². The molecule has 1 fully saturated rings. The normalized spacial score (nSPS) is 15.6. The molecule has 3 aromatic carbocycles. The fourth-order valence-corrected chi connectivity index (χ4v) is 5.87. The monoisotopic (exact) mass is 551 g/mol. The van der Waals surface area contributed by atoms with Crippen LogP contribution in [0, 0.1) is 6.92 Å². The van der Waals surface area contributed by atoms with Gasteiger partial charge in [0.1, 0.15) is 6.04 Å². The van der Waals surface area contributed by atoms with Crippen LogP contribution in [0.2, 0.25) is 0 Å². The molecular weight excluding hydrogens is 514 g/mol. The lowest BCUT2D eigenvalue weighted by Crippen LogP contribution is -2.52. The van der Waals surface area contributed by atoms with Gasteiger partial charge in [0.15, 0.2) is 0 Å². The number of amides is 4. The molecule has 1 aliphatic heterocycles. The molecule has 7 heteroatoms. The number of benzene rings is 3. The SMILES string of the molecule is Cc1ccccc1CN(C(=O)CCCN1C(=O)c2ccccc2C1=O)[C@H](Cc1ccccc1)C(=O)NC1CCCC1. The largest absolute Gasteiger partial charge is 0.352 e. The van der Waals surface area contributed by atoms with Crippen LogP contribution in [0.5, 0.6) is 0 Å². The number of hydrogen-bond donors (Lipinski definition) is 1. The van der Waals surface area contributed by atoms with Gasteiger partial charge in [0, 0.05) is 32.0 Å². The smallest absolute Gasteiger partial charge is 0.261 e. The average Bonchev–Trinajstić information content (AvgIpc) is 3.58. The molecule has 1 N–H and O–H groups in total. The number of imide groups is 1. The Morgan fingerprint density at radius 3 is 2.15 bits per heavy atom. The number of aryl methyl sites for hydroxylation is 1. The van der Waals surface area contributed by atoms with Gasteiger partial charge in [0.25, 0.3) is 11.8 Å². The van der Waals surface area contributed by atoms with Gasteiger partial charge < -0.3 is 10.2 Å². The highest BCUT2D eigenvalue weighted by Gasteiger charge is 2.36. The van der Waals surface area contributed by atoms with Crippen molar-refractivity contribution >= 4 is 23.6 Å². The van der Waals surface area contributed by atoms with Crippen LogP contribution in [0.4, 0.5) is 0 Å². The van der Waals surface area contributed by atoms with Gasteiger partial charge in [0.2, 0.25) is 11.8 Å². The second-order valence-corrected chi connectivity index (χ2v) is 11.1. The summed E-state index contributed by atoms with van der Waals surface area (Å²) in [6, 6.07) is 23.9. The topological polar surface area (TPSA) is 86.8 Å². The molecule has 1 heterocycles. The van der Waals surface area contributed by atoms with Gasteiger partial charge in [-0.05, 0) is 55.0 Å². The third-order valence-electron chi connectivity index (χ3n) is 8.23. The molecule has 0 radical (unpaired) electrons. The van der Waals surface area contributed by atoms with Crippen molar-refractivity contribution < 1.29 is 19.2 Å². The summed E-state index contributed by atoms with van der Waals surface area (Å²) in [6.45, 7) is 2.45. The zero-order valence-electron chi connectivity index (χ0n) is 23.6. The molecule has 1 aliphatic carbocycles. The molecule has 5 rings (SSSR count). The second-order valence-electron chi connectivity index (χ2n) is 11.1. The fourth-order valence-electron chi connectivity index (χ4n) is 5.87. The Morgan fingerprint density at radius 2 is 1.49 bits per heavy atom. The highest BCUT2D eigenvalue weighted by atomic mass is 16.2. The maximum atomic E-state index is 13.9. The minimum absolute atomic E-state index is 0.112. The minimum atomic E-state index is -0.690. The first-order valence-electron chi connectivity index (χ1n) is 14.6. The lowest BCUT2D eigenvalue weighted by atomic mass is 10.0. The Hall–Kier alpha value is -4.26. The lowest BCUT2D eigenvalue weighted by molar-refractivity contribution is -0.141. The summed E-state index contributed by atoms with van der Waals surface area (Å²) < 4.78 is 0. The van der Waals surface area contributed by atoms with Crippen molar-refractivity contribution in [1.82, 2.24) is 15.1 Å². The molecule has 0 saturated heterocycles. The standard InChI is InChI=1S/C34H37N3O4/c1-24-12-5-6-15-26(24)23-37(30(22-25-13-3-2-4-14-25)32(39)35-27-16-7-8-17-27)31(38)20-11-21-36-33(40)28-18-9-10-19-29(28)34(36)41/h2-6,9-10,12-15,18-19,27,30H,7-8,11,16-17,20-23H2,1H3,(H,35,39)/t30-/m1/s1. The average molecular weight is 552 g/mol. The van der Waals surface area contributed by atoms with Crippen molar-refractivity contribution in [3.8, 4) is 0 Å². The molecule has 2 aliphatic rings. The molecule has 4 amide bonds. The molecule has 1 atom stereocenters. The summed E-state index contributed by atoms with van der Waals surface area (Å²) >= 11 is 0. The fraction of sp³-hybridized carbons (Fsp3) is 0.353. The maximum absolute atomic E-state index is 13.9. The van der Waals surface area contributed by atoms with E-state index in [4.69, 9.17) is 0 Å². The van der Waals surface area contributed by atoms with Crippen molar-refractivity contribution in [2.24, 2.45) is 0 Å². The van der Waals surface area contributed by atoms with E-state index in [-0.39, 0.29) is 42.6 Å². The Morgan fingerprint density at radius 1 is 0.878 bits per heavy atom. The van der Waals surface area contributed by atoms with Gasteiger partial charge in [-0.15, -0.1) is 0 Å². The van der Waals surface area contributed by atoms with Crippen molar-refractivity contribution in [2.45, 2.75) is 70.5 Å². The molecule has 1 saturated carbocycles. The van der Waals surface area contributed by atoms with E-state index in [2.05, 4.69) is 5.32 Å². The molecule has 0 spiro atoms. The lowest BCUT2D eigenvalue weighted by Gasteiger charge is -2.33. The molecule has 0 unspecified atom stereocenters. The Balaban J connectivity index is 1.36. The minimum Gasteiger partial charge on any atom is -0.352 e. The second kappa shape index (κ2) is 12.9. The van der Waals surface area contributed by atoms with E-state index < -0.39 is 6.04 Å². The molecule has 41 heavy (non-hydrogen) atoms. The molecule has 212 valence electrons. The number of rotatable bonds is 11. The first kappa shape index (κ1) is 28.3. The van der Waals surface area contributed by atoms with Crippen LogP contribution in [0.25, 0.3) is 0 Å². The molecular formula is C34H37N3O4. The van der Waals surface area contributed by atoms with Gasteiger partial charge in [-0.2, -0.15) is 0 Å². The van der Waals surface area contributed by atoms with Crippen molar-refractivity contribution in [3.63, 3.8) is 0 Å². The summed E-state index contributed by atoms with van der Waals surface area (Å²) in [6.07, 6.45) is 4.93. The predicted octanol–water partition coefficient (Wildman–Crippen LogP) is 5.07. The van der Waals surface area contributed by atoms with E-state index in [1.165, 1.54) is 4.90 Å². The van der Waals surface area contributed by atoms with Crippen LogP contribution in [-0.4, -0.2) is 52.1 Å². The van der Waals surface area contributed by atoms with Crippen LogP contribution in [0.1, 0.15) is 75.9 Å². The third kappa shape index (κ3) is 6.56. The van der Waals surface area contributed by atoms with E-state index in [1.807, 2.05) is 61.5 Å². The summed E-state index contributed by atoms with van der Waals surface area (Å²) in [5.74, 6) is -0.962. The van der Waals surface area contributed by atoms with E-state index in [9.17, 15) is 19.2 Å². The highest BCUT2D eigenvalue weighted by molar-refractivity contribution is 6.21. The zero-order valence-corrected chi connectivity index (χ0v) is 23.6. The summed E-state index contributed by atoms with van der Waals surface area (Å²) in [5.41, 5.74) is 3.81. The summed E-state index contributed by atoms with van der Waals surface area (Å²) in [7, 11) is 0. The van der Waals surface area contributed by atoms with Crippen LogP contribution >= 0.6 is 0 Å². The van der Waals surface area contributed by atoms with E-state index in [0.29, 0.717) is 30.5 Å². The van der Waals surface area contributed by atoms with Crippen molar-refractivity contribution in [3.05, 3.63) is 107 Å². The Kier molecular flexibility index (Phi) is 8.92. The van der Waals surface area contributed by atoms with Crippen LogP contribution in [0.3, 0.4) is 0 Å². The first-order valence-corrected chi connectivity index (χ1v) is 14.6. The highest BCUT2D eigenvalue weighted by Crippen LogP contribution is 2.24. The molecule has 7 nitrogen and oxygen atoms in total. The van der Waals surface area contributed by atoms with Gasteiger partial charge in [-0.1, -0.05) is 79.6 Å². The summed E-state index contributed by atoms with van der Waals surface area (Å²) in [5, 5.41) is 3.23. The first-order chi connectivity index (χ1) is 19.9. The van der Waals surface area contributed by atoms with Gasteiger partial charge in [0.05, 0.1) is 11.1 Å². The Bertz CT molecular complexity index is 1380. The molecule has 3 aromatic rings. The number of carbonyl (C=O) groups excluding carboxylic acids is 4. The van der Waals surface area contributed by atoms with Crippen LogP contribution < -0.4 is 5.32 Å². The number of fused-ring (bicyclic) bond motifs is 1. The predicted molar refractivity (Wildman–Crippen MR) is 157 cm³/mol. The third-order valence-corrected chi connectivity index (χ3v) is 8.23. The van der Waals surface area contributed by atoms with Crippen LogP contribution in [0.15, 0.2) is 78.9 Å². The van der Waals surface area contributed by atoms with Gasteiger partial charge in [-0.25, -0.2) is 0 Å². The number of nitrogens with zero attached hydrogens (tertiary/aromatic N) is 2. The molecule has 0 bridgehead atoms. The quantitative estimate of drug-likeness (QED) is 0.337. The van der Waals surface area contributed by atoms with E-state index >= 15 is 0 Å². The number of nitrogens with one attached hydrogen (secondary N) is 1. The number of hydrogen-bond acceptors (Lipinski definition) is 4. The molecule has 0 aromatic heterocycles. The van der Waals surface area contributed by atoms with Gasteiger partial charge in [-0.3, -0.25) is 24.1 Å². The van der Waals surface area contributed by atoms with Gasteiger partial charge >= 0.3 is 0 Å². The van der Waals surface area contributed by atoms with E-state index in [1.54, 1.807) is 29.2 Å².